The van der Waals surface area contributed by atoms with Crippen LogP contribution in [0.2, 0.25) is 0 Å². The van der Waals surface area contributed by atoms with Gasteiger partial charge in [0, 0.05) is 24.9 Å². The zero-order valence-corrected chi connectivity index (χ0v) is 13.1. The van der Waals surface area contributed by atoms with Crippen LogP contribution in [0.3, 0.4) is 0 Å². The normalized spacial score (nSPS) is 11.8. The summed E-state index contributed by atoms with van der Waals surface area (Å²) in [6, 6.07) is 3.38. The Kier molecular flexibility index (Phi) is 6.51. The van der Waals surface area contributed by atoms with Crippen molar-refractivity contribution in [3.05, 3.63) is 29.6 Å². The summed E-state index contributed by atoms with van der Waals surface area (Å²) in [6.45, 7) is 2.35. The first-order valence-electron chi connectivity index (χ1n) is 6.26. The average molecular weight is 296 g/mol. The fourth-order valence-electron chi connectivity index (χ4n) is 1.78. The molecule has 0 aromatic carbocycles. The van der Waals surface area contributed by atoms with E-state index in [1.807, 2.05) is 13.2 Å². The molecular weight excluding hydrogens is 276 g/mol. The van der Waals surface area contributed by atoms with E-state index in [2.05, 4.69) is 9.72 Å². The average Bonchev–Trinajstić information content (AvgIpc) is 2.46. The number of methoxy groups -OCH3 is 1. The van der Waals surface area contributed by atoms with Crippen LogP contribution in [0, 0.1) is 5.92 Å². The van der Waals surface area contributed by atoms with Gasteiger partial charge in [-0.15, -0.1) is 0 Å². The number of rotatable bonds is 6. The number of carbonyl (C=O) groups is 2. The smallest absolute Gasteiger partial charge is 0.339 e. The third-order valence-electron chi connectivity index (χ3n) is 2.86. The lowest BCUT2D eigenvalue weighted by atomic mass is 10.2. The number of carbonyl (C=O) groups excluding carboxylic acids is 2. The monoisotopic (exact) mass is 296 g/mol. The number of hydrogen-bond donors (Lipinski definition) is 0. The second-order valence-electron chi connectivity index (χ2n) is 4.58. The molecule has 1 aromatic heterocycles. The number of nitrogens with zero attached hydrogens (tertiary/aromatic N) is 2. The number of aromatic nitrogens is 1. The molecule has 0 radical (unpaired) electrons. The van der Waals surface area contributed by atoms with Gasteiger partial charge in [0.25, 0.3) is 0 Å². The minimum absolute atomic E-state index is 0.00987. The SMILES string of the molecule is COC(=O)c1ccc(CN(C)C(=O)C(C)CSC)nc1. The lowest BCUT2D eigenvalue weighted by Gasteiger charge is -2.20. The van der Waals surface area contributed by atoms with E-state index in [1.54, 1.807) is 35.8 Å². The summed E-state index contributed by atoms with van der Waals surface area (Å²) >= 11 is 1.65. The quantitative estimate of drug-likeness (QED) is 0.750. The molecule has 1 rings (SSSR count). The van der Waals surface area contributed by atoms with Crippen LogP contribution >= 0.6 is 11.8 Å². The minimum Gasteiger partial charge on any atom is -0.465 e. The first-order valence-corrected chi connectivity index (χ1v) is 7.66. The van der Waals surface area contributed by atoms with Crippen LogP contribution in [-0.4, -0.2) is 47.9 Å². The van der Waals surface area contributed by atoms with Gasteiger partial charge in [-0.2, -0.15) is 11.8 Å². The highest BCUT2D eigenvalue weighted by atomic mass is 32.2. The predicted molar refractivity (Wildman–Crippen MR) is 79.6 cm³/mol. The summed E-state index contributed by atoms with van der Waals surface area (Å²) < 4.78 is 4.61. The summed E-state index contributed by atoms with van der Waals surface area (Å²) in [4.78, 5) is 29.2. The standard InChI is InChI=1S/C14H20N2O3S/c1-10(9-20-4)13(17)16(2)8-12-6-5-11(7-15-12)14(18)19-3/h5-7,10H,8-9H2,1-4H3. The largest absolute Gasteiger partial charge is 0.465 e. The molecule has 0 saturated heterocycles. The molecule has 0 aliphatic carbocycles. The molecule has 0 fully saturated rings. The Labute approximate surface area is 123 Å². The van der Waals surface area contributed by atoms with Crippen molar-refractivity contribution in [1.29, 1.82) is 0 Å². The van der Waals surface area contributed by atoms with Crippen molar-refractivity contribution in [3.63, 3.8) is 0 Å². The van der Waals surface area contributed by atoms with Gasteiger partial charge in [0.1, 0.15) is 0 Å². The van der Waals surface area contributed by atoms with Gasteiger partial charge < -0.3 is 9.64 Å². The predicted octanol–water partition coefficient (Wildman–Crippen LogP) is 1.83. The van der Waals surface area contributed by atoms with Crippen molar-refractivity contribution in [1.82, 2.24) is 9.88 Å². The maximum Gasteiger partial charge on any atom is 0.339 e. The molecule has 0 spiro atoms. The fraction of sp³-hybridized carbons (Fsp3) is 0.500. The fourth-order valence-corrected chi connectivity index (χ4v) is 2.42. The van der Waals surface area contributed by atoms with Crippen molar-refractivity contribution in [2.24, 2.45) is 5.92 Å². The molecule has 1 aromatic rings. The van der Waals surface area contributed by atoms with E-state index in [9.17, 15) is 9.59 Å². The Morgan fingerprint density at radius 2 is 2.15 bits per heavy atom. The Bertz CT molecular complexity index is 462. The Balaban J connectivity index is 2.64. The molecule has 1 unspecified atom stereocenters. The third kappa shape index (κ3) is 4.52. The summed E-state index contributed by atoms with van der Waals surface area (Å²) in [5, 5.41) is 0. The second-order valence-corrected chi connectivity index (χ2v) is 5.49. The van der Waals surface area contributed by atoms with Crippen molar-refractivity contribution in [3.8, 4) is 0 Å². The van der Waals surface area contributed by atoms with Crippen LogP contribution in [0.1, 0.15) is 23.0 Å². The molecule has 0 aliphatic rings. The molecule has 0 aliphatic heterocycles. The van der Waals surface area contributed by atoms with Gasteiger partial charge in [-0.3, -0.25) is 9.78 Å². The third-order valence-corrected chi connectivity index (χ3v) is 3.69. The van der Waals surface area contributed by atoms with Gasteiger partial charge >= 0.3 is 5.97 Å². The molecule has 1 heterocycles. The van der Waals surface area contributed by atoms with Gasteiger partial charge in [-0.1, -0.05) is 6.92 Å². The molecule has 5 nitrogen and oxygen atoms in total. The molecule has 20 heavy (non-hydrogen) atoms. The van der Waals surface area contributed by atoms with Crippen LogP contribution in [0.4, 0.5) is 0 Å². The van der Waals surface area contributed by atoms with E-state index in [4.69, 9.17) is 0 Å². The van der Waals surface area contributed by atoms with Crippen LogP contribution < -0.4 is 0 Å². The Hall–Kier alpha value is -1.56. The Morgan fingerprint density at radius 1 is 1.45 bits per heavy atom. The van der Waals surface area contributed by atoms with E-state index in [-0.39, 0.29) is 11.8 Å². The van der Waals surface area contributed by atoms with E-state index >= 15 is 0 Å². The van der Waals surface area contributed by atoms with E-state index in [0.29, 0.717) is 12.1 Å². The number of esters is 1. The van der Waals surface area contributed by atoms with Gasteiger partial charge in [0.15, 0.2) is 0 Å². The zero-order valence-electron chi connectivity index (χ0n) is 12.3. The van der Waals surface area contributed by atoms with E-state index in [1.165, 1.54) is 13.3 Å². The maximum atomic E-state index is 12.1. The highest BCUT2D eigenvalue weighted by Gasteiger charge is 2.17. The van der Waals surface area contributed by atoms with Crippen molar-refractivity contribution in [2.75, 3.05) is 26.2 Å². The highest BCUT2D eigenvalue weighted by Crippen LogP contribution is 2.10. The molecule has 1 amide bonds. The van der Waals surface area contributed by atoms with Gasteiger partial charge in [0.05, 0.1) is 24.9 Å². The molecule has 0 N–H and O–H groups in total. The van der Waals surface area contributed by atoms with Crippen molar-refractivity contribution in [2.45, 2.75) is 13.5 Å². The topological polar surface area (TPSA) is 59.5 Å². The van der Waals surface area contributed by atoms with Crippen LogP contribution in [0.15, 0.2) is 18.3 Å². The molecule has 110 valence electrons. The zero-order chi connectivity index (χ0) is 15.1. The Morgan fingerprint density at radius 3 is 2.65 bits per heavy atom. The summed E-state index contributed by atoms with van der Waals surface area (Å²) in [5.41, 5.74) is 1.14. The first-order chi connectivity index (χ1) is 9.49. The lowest BCUT2D eigenvalue weighted by Crippen LogP contribution is -2.32. The number of amides is 1. The molecule has 0 bridgehead atoms. The van der Waals surface area contributed by atoms with Crippen LogP contribution in [0.25, 0.3) is 0 Å². The van der Waals surface area contributed by atoms with Gasteiger partial charge in [-0.05, 0) is 18.4 Å². The molecular formula is C14H20N2O3S. The maximum absolute atomic E-state index is 12.1. The lowest BCUT2D eigenvalue weighted by molar-refractivity contribution is -0.133. The van der Waals surface area contributed by atoms with Crippen LogP contribution in [0.5, 0.6) is 0 Å². The minimum atomic E-state index is -0.415. The van der Waals surface area contributed by atoms with Gasteiger partial charge in [-0.25, -0.2) is 4.79 Å². The number of thioether (sulfide) groups is 1. The number of ether oxygens (including phenoxy) is 1. The summed E-state index contributed by atoms with van der Waals surface area (Å²) in [7, 11) is 3.09. The van der Waals surface area contributed by atoms with Crippen molar-refractivity contribution < 1.29 is 14.3 Å². The van der Waals surface area contributed by atoms with Crippen molar-refractivity contribution >= 4 is 23.6 Å². The summed E-state index contributed by atoms with van der Waals surface area (Å²) in [5.74, 6) is 0.474. The summed E-state index contributed by atoms with van der Waals surface area (Å²) in [6.07, 6.45) is 3.45. The molecule has 0 saturated carbocycles. The number of hydrogen-bond acceptors (Lipinski definition) is 5. The number of pyridine rings is 1. The van der Waals surface area contributed by atoms with Gasteiger partial charge in [0.2, 0.25) is 5.91 Å². The van der Waals surface area contributed by atoms with E-state index in [0.717, 1.165) is 11.4 Å². The second kappa shape index (κ2) is 7.89. The molecule has 6 heteroatoms. The molecule has 1 atom stereocenters. The van der Waals surface area contributed by atoms with E-state index < -0.39 is 5.97 Å². The van der Waals surface area contributed by atoms with Crippen LogP contribution in [-0.2, 0) is 16.1 Å². The highest BCUT2D eigenvalue weighted by molar-refractivity contribution is 7.98. The first kappa shape index (κ1) is 16.5.